The van der Waals surface area contributed by atoms with Gasteiger partial charge in [0.25, 0.3) is 0 Å². The maximum atomic E-state index is 8.66. The summed E-state index contributed by atoms with van der Waals surface area (Å²) in [6.45, 7) is 0.870. The molecule has 0 unspecified atom stereocenters. The van der Waals surface area contributed by atoms with E-state index >= 15 is 0 Å². The minimum Gasteiger partial charge on any atom is -0.790 e. The van der Waals surface area contributed by atoms with Crippen LogP contribution in [0.2, 0.25) is 0 Å². The fourth-order valence-electron chi connectivity index (χ4n) is 0.798. The normalized spacial score (nSPS) is 10.2. The molecule has 13 heteroatoms. The van der Waals surface area contributed by atoms with Gasteiger partial charge in [0, 0.05) is 6.07 Å². The number of phosphoric acid groups is 2. The molecule has 0 aliphatic heterocycles. The van der Waals surface area contributed by atoms with Gasteiger partial charge in [-0.05, 0) is 6.07 Å². The molecule has 0 radical (unpaired) electrons. The van der Waals surface area contributed by atoms with Crippen molar-refractivity contribution in [3.8, 4) is 0 Å². The van der Waals surface area contributed by atoms with Crippen LogP contribution in [0, 0.1) is 0 Å². The van der Waals surface area contributed by atoms with Gasteiger partial charge in [0.15, 0.2) is 12.4 Å². The van der Waals surface area contributed by atoms with Crippen LogP contribution in [0.15, 0.2) is 24.5 Å². The van der Waals surface area contributed by atoms with Crippen molar-refractivity contribution in [2.45, 2.75) is 6.54 Å². The van der Waals surface area contributed by atoms with E-state index in [4.69, 9.17) is 38.5 Å². The molecule has 0 saturated heterocycles. The molecule has 0 spiro atoms. The summed E-state index contributed by atoms with van der Waals surface area (Å²) in [6.07, 6.45) is 4.09. The van der Waals surface area contributed by atoms with Crippen molar-refractivity contribution < 1.29 is 48.8 Å². The van der Waals surface area contributed by atoms with Crippen LogP contribution in [0.4, 0.5) is 0 Å². The van der Waals surface area contributed by atoms with E-state index in [1.54, 1.807) is 0 Å². The van der Waals surface area contributed by atoms with Crippen molar-refractivity contribution in [3.05, 3.63) is 30.1 Å². The maximum absolute atomic E-state index is 8.66. The molecule has 1 aromatic rings. The summed E-state index contributed by atoms with van der Waals surface area (Å²) in [7, 11) is -8.26. The topological polar surface area (TPSA) is 198 Å². The molecule has 1 rings (SSSR count). The predicted molar refractivity (Wildman–Crippen MR) is 59.6 cm³/mol. The fraction of sp³-hybridized carbons (Fsp3) is 0.286. The Morgan fingerprint density at radius 1 is 1.20 bits per heavy atom. The van der Waals surface area contributed by atoms with Gasteiger partial charge in [-0.2, -0.15) is 0 Å². The fourth-order valence-corrected chi connectivity index (χ4v) is 0.798. The number of quaternary nitrogens is 1. The van der Waals surface area contributed by atoms with Crippen molar-refractivity contribution in [2.24, 2.45) is 7.05 Å². The van der Waals surface area contributed by atoms with Crippen LogP contribution in [-0.4, -0.2) is 19.9 Å². The first kappa shape index (κ1) is 24.5. The SMILES string of the molecule is C[n+]1cccc(C[NH3+])c1.O=P([O-])([O-])O.O=P([O-])([O-])O.[Be+2]. The quantitative estimate of drug-likeness (QED) is 0.258. The Kier molecular flexibility index (Phi) is 13.7. The Morgan fingerprint density at radius 2 is 1.55 bits per heavy atom. The first-order valence-corrected chi connectivity index (χ1v) is 7.55. The van der Waals surface area contributed by atoms with E-state index in [2.05, 4.69) is 18.0 Å². The number of pyridine rings is 1. The molecule has 0 aromatic carbocycles. The van der Waals surface area contributed by atoms with E-state index in [0.717, 1.165) is 6.54 Å². The van der Waals surface area contributed by atoms with Crippen molar-refractivity contribution >= 4 is 25.8 Å². The summed E-state index contributed by atoms with van der Waals surface area (Å²) < 4.78 is 19.3. The van der Waals surface area contributed by atoms with Gasteiger partial charge < -0.3 is 44.2 Å². The van der Waals surface area contributed by atoms with Gasteiger partial charge >= 0.3 is 10.1 Å². The first-order chi connectivity index (χ1) is 8.33. The summed E-state index contributed by atoms with van der Waals surface area (Å²) in [5, 5.41) is 0. The van der Waals surface area contributed by atoms with E-state index in [9.17, 15) is 0 Å². The average Bonchev–Trinajstić information content (AvgIpc) is 2.12. The molecule has 0 fully saturated rings. The molecule has 0 saturated carbocycles. The zero-order chi connectivity index (χ0) is 15.7. The molecule has 0 aliphatic carbocycles. The molecule has 1 aromatic heterocycles. The average molecular weight is 325 g/mol. The number of nitrogens with zero attached hydrogens (tertiary/aromatic N) is 1. The van der Waals surface area contributed by atoms with Crippen molar-refractivity contribution in [1.29, 1.82) is 0 Å². The molecule has 5 N–H and O–H groups in total. The second-order valence-electron chi connectivity index (χ2n) is 3.06. The molecule has 10 nitrogen and oxygen atoms in total. The van der Waals surface area contributed by atoms with Crippen LogP contribution >= 0.6 is 15.6 Å². The Labute approximate surface area is 119 Å². The molecule has 0 bridgehead atoms. The molecule has 0 atom stereocenters. The molecular formula is C7H14BeN2O8P2. The molecular weight excluding hydrogens is 311 g/mol. The molecule has 112 valence electrons. The zero-order valence-corrected chi connectivity index (χ0v) is 12.4. The summed E-state index contributed by atoms with van der Waals surface area (Å²) in [5.41, 5.74) is 5.06. The Morgan fingerprint density at radius 3 is 1.75 bits per heavy atom. The first-order valence-electron chi connectivity index (χ1n) is 4.56. The number of rotatable bonds is 1. The third-order valence-corrected chi connectivity index (χ3v) is 1.29. The summed E-state index contributed by atoms with van der Waals surface area (Å²) in [4.78, 5) is 48.6. The molecule has 0 amide bonds. The van der Waals surface area contributed by atoms with Crippen molar-refractivity contribution in [1.82, 2.24) is 0 Å². The summed E-state index contributed by atoms with van der Waals surface area (Å²) >= 11 is 0. The van der Waals surface area contributed by atoms with Crippen molar-refractivity contribution in [3.63, 3.8) is 0 Å². The van der Waals surface area contributed by atoms with Crippen LogP contribution in [0.5, 0.6) is 0 Å². The largest absolute Gasteiger partial charge is 2.00 e. The third-order valence-electron chi connectivity index (χ3n) is 1.29. The predicted octanol–water partition coefficient (Wildman–Crippen LogP) is -5.51. The number of hydrogen-bond acceptors (Lipinski definition) is 6. The number of hydrogen-bond donors (Lipinski definition) is 3. The minimum absolute atomic E-state index is 0. The van der Waals surface area contributed by atoms with Gasteiger partial charge in [-0.3, -0.25) is 0 Å². The Hall–Kier alpha value is -0.501. The maximum Gasteiger partial charge on any atom is 2.00 e. The molecule has 1 heterocycles. The second kappa shape index (κ2) is 11.2. The monoisotopic (exact) mass is 325 g/mol. The van der Waals surface area contributed by atoms with Crippen LogP contribution < -0.4 is 29.9 Å². The smallest absolute Gasteiger partial charge is 0.790 e. The zero-order valence-electron chi connectivity index (χ0n) is 10.6. The summed E-state index contributed by atoms with van der Waals surface area (Å²) in [6, 6.07) is 4.10. The number of aryl methyl sites for hydroxylation is 1. The van der Waals surface area contributed by atoms with Gasteiger partial charge in [-0.25, -0.2) is 4.57 Å². The second-order valence-corrected chi connectivity index (χ2v) is 4.94. The van der Waals surface area contributed by atoms with Gasteiger partial charge in [0.05, 0.1) is 21.2 Å². The standard InChI is InChI=1S/C7H11N2.Be.2H3O4P/c1-9-4-2-3-7(5-8)6-9;;2*1-5(2,3)4/h2-4,6H,5,8H2,1H3;;2*(H3,1,2,3,4)/q+1;+2;;/p-3. The van der Waals surface area contributed by atoms with Gasteiger partial charge in [0.1, 0.15) is 13.6 Å². The van der Waals surface area contributed by atoms with Crippen LogP contribution in [-0.2, 0) is 22.7 Å². The van der Waals surface area contributed by atoms with E-state index in [0.29, 0.717) is 0 Å². The van der Waals surface area contributed by atoms with Gasteiger partial charge in [-0.1, -0.05) is 0 Å². The minimum atomic E-state index is -5.14. The third kappa shape index (κ3) is 36.0. The van der Waals surface area contributed by atoms with Gasteiger partial charge in [-0.15, -0.1) is 0 Å². The van der Waals surface area contributed by atoms with Crippen LogP contribution in [0.3, 0.4) is 0 Å². The Balaban J connectivity index is -0.000000230. The van der Waals surface area contributed by atoms with E-state index in [-0.39, 0.29) is 10.1 Å². The Bertz CT molecular complexity index is 425. The van der Waals surface area contributed by atoms with Gasteiger partial charge in [0.2, 0.25) is 0 Å². The van der Waals surface area contributed by atoms with Crippen LogP contribution in [0.25, 0.3) is 0 Å². The molecule has 20 heavy (non-hydrogen) atoms. The summed E-state index contributed by atoms with van der Waals surface area (Å²) in [5.74, 6) is 0. The van der Waals surface area contributed by atoms with E-state index in [1.165, 1.54) is 5.56 Å². The number of aromatic nitrogens is 1. The van der Waals surface area contributed by atoms with E-state index in [1.807, 2.05) is 23.9 Å². The van der Waals surface area contributed by atoms with Crippen LogP contribution in [0.1, 0.15) is 5.56 Å². The van der Waals surface area contributed by atoms with E-state index < -0.39 is 15.6 Å². The van der Waals surface area contributed by atoms with Crippen molar-refractivity contribution in [2.75, 3.05) is 0 Å². The molecule has 0 aliphatic rings.